The molecule has 2 atom stereocenters. The average Bonchev–Trinajstić information content (AvgIpc) is 1.76. The third-order valence-electron chi connectivity index (χ3n) is 16.6. The molecule has 0 unspecified atom stereocenters. The summed E-state index contributed by atoms with van der Waals surface area (Å²) in [5, 5.41) is 19.7. The lowest BCUT2D eigenvalue weighted by Crippen LogP contribution is -2.54. The lowest BCUT2D eigenvalue weighted by molar-refractivity contribution is -0.132. The maximum Gasteiger partial charge on any atom is 0.407 e. The molecule has 3 heterocycles. The number of hydrogen-bond acceptors (Lipinski definition) is 21. The molecule has 6 aromatic rings. The summed E-state index contributed by atoms with van der Waals surface area (Å²) >= 11 is 0. The van der Waals surface area contributed by atoms with E-state index in [4.69, 9.17) is 58.8 Å². The Morgan fingerprint density at radius 2 is 1.21 bits per heavy atom. The monoisotopic (exact) mass is 1480 g/mol. The highest BCUT2D eigenvalue weighted by Gasteiger charge is 2.29. The van der Waals surface area contributed by atoms with Gasteiger partial charge in [-0.3, -0.25) is 24.0 Å². The Bertz CT molecular complexity index is 3810. The van der Waals surface area contributed by atoms with Crippen molar-refractivity contribution in [2.45, 2.75) is 111 Å². The molecule has 11 N–H and O–H groups in total. The van der Waals surface area contributed by atoms with Gasteiger partial charge in [0.2, 0.25) is 35.5 Å². The van der Waals surface area contributed by atoms with Crippen molar-refractivity contribution >= 4 is 75.8 Å². The molecule has 0 fully saturated rings. The number of primary amides is 1. The van der Waals surface area contributed by atoms with Crippen LogP contribution in [0.2, 0.25) is 0 Å². The van der Waals surface area contributed by atoms with Gasteiger partial charge in [0.25, 0.3) is 0 Å². The number of ether oxygens (including phenoxy) is 10. The van der Waals surface area contributed by atoms with Crippen molar-refractivity contribution in [3.8, 4) is 17.6 Å². The number of benzene rings is 4. The Balaban J connectivity index is 0.668. The van der Waals surface area contributed by atoms with E-state index in [-0.39, 0.29) is 115 Å². The van der Waals surface area contributed by atoms with Crippen molar-refractivity contribution in [2.24, 2.45) is 11.7 Å². The molecule has 1 aliphatic heterocycles. The largest absolute Gasteiger partial charge is 0.496 e. The van der Waals surface area contributed by atoms with Gasteiger partial charge in [0.05, 0.1) is 137 Å². The molecule has 0 bridgehead atoms. The van der Waals surface area contributed by atoms with Gasteiger partial charge in [-0.2, -0.15) is 4.98 Å². The molecule has 0 saturated carbocycles. The Morgan fingerprint density at radius 3 is 1.89 bits per heavy atom. The van der Waals surface area contributed by atoms with Crippen molar-refractivity contribution < 1.29 is 80.9 Å². The van der Waals surface area contributed by atoms with Crippen LogP contribution in [0.5, 0.6) is 5.75 Å². The van der Waals surface area contributed by atoms with E-state index in [2.05, 4.69) is 70.5 Å². The van der Waals surface area contributed by atoms with Crippen LogP contribution in [0.15, 0.2) is 103 Å². The number of urea groups is 1. The zero-order chi connectivity index (χ0) is 76.2. The van der Waals surface area contributed by atoms with E-state index in [1.165, 1.54) is 0 Å². The number of nitrogens with one attached hydrogen (secondary N) is 7. The van der Waals surface area contributed by atoms with Crippen molar-refractivity contribution in [2.75, 3.05) is 154 Å². The van der Waals surface area contributed by atoms with Crippen LogP contribution >= 0.6 is 0 Å². The number of nitrogen functional groups attached to an aromatic ring is 1. The summed E-state index contributed by atoms with van der Waals surface area (Å²) in [6, 6.07) is 27.0. The lowest BCUT2D eigenvalue weighted by atomic mass is 10.0. The van der Waals surface area contributed by atoms with E-state index in [0.29, 0.717) is 97.0 Å². The van der Waals surface area contributed by atoms with E-state index in [0.717, 1.165) is 81.9 Å². The number of alkyl carbamates (subject to hydrolysis) is 1. The second kappa shape index (κ2) is 48.3. The first-order chi connectivity index (χ1) is 52.1. The molecule has 30 heteroatoms. The number of amides is 8. The fraction of sp³-hybridized carbons (Fsp3) is 0.494. The summed E-state index contributed by atoms with van der Waals surface area (Å²) in [5.41, 5.74) is 19.2. The number of hydrogen-bond donors (Lipinski definition) is 9. The Labute approximate surface area is 625 Å². The molecule has 0 saturated heterocycles. The van der Waals surface area contributed by atoms with Crippen LogP contribution in [-0.4, -0.2) is 201 Å². The number of aromatic nitrogens is 3. The molecule has 7 rings (SSSR count). The van der Waals surface area contributed by atoms with Gasteiger partial charge in [0, 0.05) is 74.0 Å². The molecule has 0 spiro atoms. The number of nitrogens with two attached hydrogens (primary N) is 2. The maximum absolute atomic E-state index is 13.7. The quantitative estimate of drug-likeness (QED) is 0.0146. The van der Waals surface area contributed by atoms with E-state index in [9.17, 15) is 33.6 Å². The number of para-hydroxylation sites is 1. The molecule has 0 aliphatic carbocycles. The van der Waals surface area contributed by atoms with Crippen molar-refractivity contribution in [3.05, 3.63) is 137 Å². The highest BCUT2D eigenvalue weighted by Crippen LogP contribution is 2.29. The fourth-order valence-electron chi connectivity index (χ4n) is 11.0. The molecule has 4 aromatic carbocycles. The first kappa shape index (κ1) is 84.3. The number of nitrogens with zero attached hydrogens (tertiary/aromatic N) is 4. The van der Waals surface area contributed by atoms with Crippen LogP contribution in [0.25, 0.3) is 11.0 Å². The third-order valence-corrected chi connectivity index (χ3v) is 16.6. The molecule has 8 amide bonds. The second-order valence-electron chi connectivity index (χ2n) is 25.2. The van der Waals surface area contributed by atoms with Crippen LogP contribution in [0, 0.1) is 17.8 Å². The summed E-state index contributed by atoms with van der Waals surface area (Å²) in [4.78, 5) is 101. The SMILES string of the molecule is CCCCCNc1nc(N)nc2ccn(Cc3ccc(COCCOCCOCCOCCNC(=O)OCc4ccc(NC(=O)[C@H](CCCNC(N)=O)NC(=O)[C@@H](NC(=O)CCOCCOCCOCCOCCNC(=O)CCC(=O)N5Cc6ccccc6C#Cc6ccccc65)C(C)C)cc4)cc3OC)c12. The first-order valence-electron chi connectivity index (χ1n) is 36.4. The number of carbonyl (C=O) groups excluding carboxylic acids is 7. The number of methoxy groups -OCH3 is 1. The van der Waals surface area contributed by atoms with E-state index in [1.54, 1.807) is 50.1 Å². The van der Waals surface area contributed by atoms with Gasteiger partial charge in [-0.1, -0.05) is 100 Å². The molecule has 107 heavy (non-hydrogen) atoms. The summed E-state index contributed by atoms with van der Waals surface area (Å²) in [5.74, 6) is 5.75. The number of fused-ring (bicyclic) bond motifs is 3. The Morgan fingerprint density at radius 1 is 0.589 bits per heavy atom. The predicted octanol–water partition coefficient (Wildman–Crippen LogP) is 6.48. The molecule has 1 aliphatic rings. The van der Waals surface area contributed by atoms with Gasteiger partial charge in [-0.25, -0.2) is 14.6 Å². The minimum Gasteiger partial charge on any atom is -0.496 e. The van der Waals surface area contributed by atoms with E-state index < -0.39 is 41.9 Å². The minimum absolute atomic E-state index is 0.0339. The highest BCUT2D eigenvalue weighted by molar-refractivity contribution is 5.99. The summed E-state index contributed by atoms with van der Waals surface area (Å²) in [6.07, 6.45) is 5.08. The van der Waals surface area contributed by atoms with Gasteiger partial charge in [0.1, 0.15) is 30.0 Å². The maximum atomic E-state index is 13.7. The van der Waals surface area contributed by atoms with Crippen molar-refractivity contribution in [1.82, 2.24) is 41.1 Å². The van der Waals surface area contributed by atoms with Crippen LogP contribution in [0.3, 0.4) is 0 Å². The summed E-state index contributed by atoms with van der Waals surface area (Å²) in [7, 11) is 1.65. The van der Waals surface area contributed by atoms with Crippen LogP contribution in [0.1, 0.15) is 106 Å². The van der Waals surface area contributed by atoms with Crippen LogP contribution in [-0.2, 0) is 92.9 Å². The van der Waals surface area contributed by atoms with Crippen molar-refractivity contribution in [1.29, 1.82) is 0 Å². The highest BCUT2D eigenvalue weighted by atomic mass is 16.6. The molecular formula is C77H105N13O17. The fourth-order valence-corrected chi connectivity index (χ4v) is 11.0. The number of anilines is 4. The average molecular weight is 1480 g/mol. The van der Waals surface area contributed by atoms with Gasteiger partial charge in [-0.15, -0.1) is 0 Å². The topological polar surface area (TPSA) is 382 Å². The minimum atomic E-state index is -1.06. The summed E-state index contributed by atoms with van der Waals surface area (Å²) < 4.78 is 58.2. The molecule has 2 aromatic heterocycles. The zero-order valence-electron chi connectivity index (χ0n) is 61.9. The molecule has 0 radical (unpaired) electrons. The molecule has 580 valence electrons. The zero-order valence-corrected chi connectivity index (χ0v) is 61.9. The second-order valence-corrected chi connectivity index (χ2v) is 25.2. The van der Waals surface area contributed by atoms with Crippen LogP contribution in [0.4, 0.5) is 32.7 Å². The normalized spacial score (nSPS) is 12.1. The Hall–Kier alpha value is -9.97. The third kappa shape index (κ3) is 31.2. The van der Waals surface area contributed by atoms with Crippen molar-refractivity contribution in [3.63, 3.8) is 0 Å². The summed E-state index contributed by atoms with van der Waals surface area (Å²) in [6.45, 7) is 12.9. The van der Waals surface area contributed by atoms with Gasteiger partial charge in [-0.05, 0) is 84.3 Å². The first-order valence-corrected chi connectivity index (χ1v) is 36.4. The molecule has 30 nitrogen and oxygen atoms in total. The Kier molecular flexibility index (Phi) is 38.0. The van der Waals surface area contributed by atoms with Gasteiger partial charge in [0.15, 0.2) is 5.82 Å². The predicted molar refractivity (Wildman–Crippen MR) is 403 cm³/mol. The standard InChI is InChI=1S/C77H105N13O17/c1-5-6-11-30-81-72-71-63(86-75(78)88-72)28-34-89(71)51-61-21-18-57(50-66(61)98-4)53-106-49-48-105-47-46-104-43-40-101-37-33-83-77(97)107-54-56-19-24-62(25-20-56)84-73(94)64(16-12-31-82-76(79)96)85-74(95)70(55(2)3)87-68(92)29-35-99-38-41-102-44-45-103-42-39-100-36-32-80-67(91)26-27-69(93)90-52-60-15-8-7-13-58(60)22-23-59-14-9-10-17-65(59)90/h7-10,13-15,17-21,24-25,28,34,50,55,64,70H,5-6,11-12,16,26-27,29-33,35-49,51-54H2,1-4H3,(H,80,91)(H,83,97)(H,84,94)(H,85,95)(H,87,92)(H3,79,82,96)(H3,78,81,86,88)/t64-,70-/m0/s1. The van der Waals surface area contributed by atoms with E-state index >= 15 is 0 Å². The smallest absolute Gasteiger partial charge is 0.407 e. The molecular weight excluding hydrogens is 1380 g/mol. The lowest BCUT2D eigenvalue weighted by Gasteiger charge is -2.26. The number of unbranched alkanes of at least 4 members (excludes halogenated alkanes) is 2. The van der Waals surface area contributed by atoms with Gasteiger partial charge < -0.3 is 106 Å². The number of carbonyl (C=O) groups is 7. The van der Waals surface area contributed by atoms with Crippen LogP contribution < -0.4 is 58.3 Å². The van der Waals surface area contributed by atoms with Gasteiger partial charge >= 0.3 is 12.1 Å². The number of rotatable bonds is 52. The van der Waals surface area contributed by atoms with E-state index in [1.807, 2.05) is 79.0 Å².